The first-order valence-corrected chi connectivity index (χ1v) is 7.25. The molecule has 3 atom stereocenters. The fraction of sp³-hybridized carbons (Fsp3) is 0.538. The van der Waals surface area contributed by atoms with Crippen molar-refractivity contribution in [2.24, 2.45) is 5.73 Å². The lowest BCUT2D eigenvalue weighted by atomic mass is 9.99. The summed E-state index contributed by atoms with van der Waals surface area (Å²) in [6, 6.07) is 4.35. The molecule has 0 bridgehead atoms. The van der Waals surface area contributed by atoms with Crippen molar-refractivity contribution in [1.82, 2.24) is 0 Å². The molecule has 3 heteroatoms. The van der Waals surface area contributed by atoms with Crippen molar-refractivity contribution in [2.45, 2.75) is 48.8 Å². The van der Waals surface area contributed by atoms with Crippen molar-refractivity contribution in [3.05, 3.63) is 28.8 Å². The lowest BCUT2D eigenvalue weighted by molar-refractivity contribution is 0.632. The molecule has 2 aliphatic rings. The molecule has 1 aliphatic carbocycles. The highest BCUT2D eigenvalue weighted by molar-refractivity contribution is 7.86. The largest absolute Gasteiger partial charge is 0.323 e. The second-order valence-corrected chi connectivity index (χ2v) is 6.42. The maximum absolute atomic E-state index is 12.3. The average Bonchev–Trinajstić information content (AvgIpc) is 2.82. The predicted molar refractivity (Wildman–Crippen MR) is 65.9 cm³/mol. The summed E-state index contributed by atoms with van der Waals surface area (Å²) in [5.41, 5.74) is 10.2. The van der Waals surface area contributed by atoms with Crippen LogP contribution in [0.1, 0.15) is 42.5 Å². The Labute approximate surface area is 98.7 Å². The van der Waals surface area contributed by atoms with Crippen LogP contribution in [-0.2, 0) is 23.6 Å². The topological polar surface area (TPSA) is 43.1 Å². The molecule has 0 fully saturated rings. The Balaban J connectivity index is 2.14. The maximum atomic E-state index is 12.3. The van der Waals surface area contributed by atoms with Crippen LogP contribution in [0.2, 0.25) is 0 Å². The highest BCUT2D eigenvalue weighted by Gasteiger charge is 2.36. The van der Waals surface area contributed by atoms with Crippen LogP contribution in [0.3, 0.4) is 0 Å². The number of hydrogen-bond acceptors (Lipinski definition) is 2. The third-order valence-electron chi connectivity index (χ3n) is 3.88. The standard InChI is InChI=1S/C13H17NOS/c1-2-11-13(14)10-6-8-4-3-5-9(8)7-12(10)16(11)15/h6-7,11,13H,2-5,14H2,1H3. The van der Waals surface area contributed by atoms with Crippen molar-refractivity contribution in [1.29, 1.82) is 0 Å². The highest BCUT2D eigenvalue weighted by atomic mass is 32.2. The summed E-state index contributed by atoms with van der Waals surface area (Å²) >= 11 is 0. The van der Waals surface area contributed by atoms with E-state index in [1.165, 1.54) is 24.0 Å². The molecule has 1 aromatic rings. The summed E-state index contributed by atoms with van der Waals surface area (Å²) in [7, 11) is -0.883. The molecule has 2 nitrogen and oxygen atoms in total. The molecule has 3 rings (SSSR count). The van der Waals surface area contributed by atoms with E-state index in [-0.39, 0.29) is 11.3 Å². The summed E-state index contributed by atoms with van der Waals surface area (Å²) in [5.74, 6) is 0. The summed E-state index contributed by atoms with van der Waals surface area (Å²) in [5, 5.41) is 0.123. The van der Waals surface area contributed by atoms with Gasteiger partial charge in [-0.15, -0.1) is 0 Å². The summed E-state index contributed by atoms with van der Waals surface area (Å²) < 4.78 is 12.3. The molecule has 0 spiro atoms. The van der Waals surface area contributed by atoms with E-state index in [0.717, 1.165) is 23.3 Å². The minimum Gasteiger partial charge on any atom is -0.323 e. The Kier molecular flexibility index (Phi) is 2.41. The Bertz CT molecular complexity index is 469. The average molecular weight is 235 g/mol. The smallest absolute Gasteiger partial charge is 0.0585 e. The number of fused-ring (bicyclic) bond motifs is 2. The van der Waals surface area contributed by atoms with Gasteiger partial charge in [0.1, 0.15) is 0 Å². The molecule has 0 amide bonds. The zero-order valence-electron chi connectivity index (χ0n) is 9.53. The van der Waals surface area contributed by atoms with Crippen molar-refractivity contribution in [2.75, 3.05) is 0 Å². The van der Waals surface area contributed by atoms with E-state index in [1.54, 1.807) is 0 Å². The lowest BCUT2D eigenvalue weighted by Crippen LogP contribution is -2.22. The van der Waals surface area contributed by atoms with Crippen LogP contribution >= 0.6 is 0 Å². The molecule has 86 valence electrons. The first-order valence-electron chi connectivity index (χ1n) is 6.04. The fourth-order valence-corrected chi connectivity index (χ4v) is 4.68. The van der Waals surface area contributed by atoms with E-state index in [0.29, 0.717) is 0 Å². The van der Waals surface area contributed by atoms with Crippen LogP contribution in [0.25, 0.3) is 0 Å². The quantitative estimate of drug-likeness (QED) is 0.810. The Morgan fingerprint density at radius 3 is 2.75 bits per heavy atom. The van der Waals surface area contributed by atoms with Crippen molar-refractivity contribution in [3.8, 4) is 0 Å². The van der Waals surface area contributed by atoms with Gasteiger partial charge in [0.15, 0.2) is 0 Å². The van der Waals surface area contributed by atoms with Crippen molar-refractivity contribution < 1.29 is 4.21 Å². The SMILES string of the molecule is CCC1C(N)c2cc3c(cc2S1=O)CCC3. The molecule has 0 saturated heterocycles. The minimum absolute atomic E-state index is 0.0215. The van der Waals surface area contributed by atoms with Crippen LogP contribution in [-0.4, -0.2) is 9.46 Å². The van der Waals surface area contributed by atoms with Gasteiger partial charge in [-0.05, 0) is 48.4 Å². The molecule has 16 heavy (non-hydrogen) atoms. The van der Waals surface area contributed by atoms with E-state index in [9.17, 15) is 4.21 Å². The van der Waals surface area contributed by atoms with Crippen molar-refractivity contribution in [3.63, 3.8) is 0 Å². The predicted octanol–water partition coefficient (Wildman–Crippen LogP) is 2.07. The van der Waals surface area contributed by atoms with Gasteiger partial charge < -0.3 is 5.73 Å². The Morgan fingerprint density at radius 1 is 1.38 bits per heavy atom. The molecule has 0 saturated carbocycles. The molecule has 1 heterocycles. The molecule has 0 aromatic heterocycles. The zero-order valence-corrected chi connectivity index (χ0v) is 10.3. The molecule has 1 aromatic carbocycles. The monoisotopic (exact) mass is 235 g/mol. The van der Waals surface area contributed by atoms with E-state index in [1.807, 2.05) is 0 Å². The van der Waals surface area contributed by atoms with Gasteiger partial charge in [0.2, 0.25) is 0 Å². The third-order valence-corrected chi connectivity index (χ3v) is 5.84. The summed E-state index contributed by atoms with van der Waals surface area (Å²) in [4.78, 5) is 1.01. The summed E-state index contributed by atoms with van der Waals surface area (Å²) in [6.07, 6.45) is 4.44. The van der Waals surface area contributed by atoms with E-state index in [4.69, 9.17) is 5.73 Å². The third kappa shape index (κ3) is 1.31. The van der Waals surface area contributed by atoms with Crippen molar-refractivity contribution >= 4 is 10.8 Å². The van der Waals surface area contributed by atoms with Crippen LogP contribution < -0.4 is 5.73 Å². The van der Waals surface area contributed by atoms with Gasteiger partial charge in [0.05, 0.1) is 16.0 Å². The fourth-order valence-electron chi connectivity index (χ4n) is 2.96. The summed E-state index contributed by atoms with van der Waals surface area (Å²) in [6.45, 7) is 2.07. The molecule has 1 aliphatic heterocycles. The first kappa shape index (κ1) is 10.5. The second kappa shape index (κ2) is 3.67. The van der Waals surface area contributed by atoms with Gasteiger partial charge in [-0.2, -0.15) is 0 Å². The molecular formula is C13H17NOS. The van der Waals surface area contributed by atoms with Crippen LogP contribution in [0.5, 0.6) is 0 Å². The van der Waals surface area contributed by atoms with Gasteiger partial charge in [-0.25, -0.2) is 0 Å². The number of hydrogen-bond donors (Lipinski definition) is 1. The van der Waals surface area contributed by atoms with E-state index in [2.05, 4.69) is 19.1 Å². The van der Waals surface area contributed by atoms with Gasteiger partial charge in [0, 0.05) is 10.9 Å². The van der Waals surface area contributed by atoms with E-state index >= 15 is 0 Å². The number of nitrogens with two attached hydrogens (primary N) is 1. The number of aryl methyl sites for hydroxylation is 2. The Hall–Kier alpha value is -0.670. The lowest BCUT2D eigenvalue weighted by Gasteiger charge is -2.11. The van der Waals surface area contributed by atoms with Gasteiger partial charge in [0.25, 0.3) is 0 Å². The number of rotatable bonds is 1. The second-order valence-electron chi connectivity index (χ2n) is 4.78. The van der Waals surface area contributed by atoms with Crippen LogP contribution in [0.4, 0.5) is 0 Å². The molecule has 2 N–H and O–H groups in total. The normalized spacial score (nSPS) is 31.5. The van der Waals surface area contributed by atoms with E-state index < -0.39 is 10.8 Å². The van der Waals surface area contributed by atoms with Gasteiger partial charge in [-0.3, -0.25) is 4.21 Å². The number of benzene rings is 1. The molecular weight excluding hydrogens is 218 g/mol. The minimum atomic E-state index is -0.883. The van der Waals surface area contributed by atoms with Crippen LogP contribution in [0.15, 0.2) is 17.0 Å². The van der Waals surface area contributed by atoms with Gasteiger partial charge in [-0.1, -0.05) is 13.0 Å². The van der Waals surface area contributed by atoms with Gasteiger partial charge >= 0.3 is 0 Å². The highest BCUT2D eigenvalue weighted by Crippen LogP contribution is 2.39. The zero-order chi connectivity index (χ0) is 11.3. The molecule has 3 unspecified atom stereocenters. The molecule has 0 radical (unpaired) electrons. The Morgan fingerprint density at radius 2 is 2.06 bits per heavy atom. The van der Waals surface area contributed by atoms with Crippen LogP contribution in [0, 0.1) is 0 Å². The maximum Gasteiger partial charge on any atom is 0.0585 e. The first-order chi connectivity index (χ1) is 7.72.